The second-order valence-electron chi connectivity index (χ2n) is 5.60. The molecule has 1 heterocycles. The third kappa shape index (κ3) is 3.71. The summed E-state index contributed by atoms with van der Waals surface area (Å²) in [7, 11) is 0. The molecule has 0 saturated carbocycles. The minimum absolute atomic E-state index is 0.0178. The molecule has 1 fully saturated rings. The fourth-order valence-electron chi connectivity index (χ4n) is 2.52. The third-order valence-electron chi connectivity index (χ3n) is 4.12. The lowest BCUT2D eigenvalue weighted by Gasteiger charge is -2.41. The smallest absolute Gasteiger partial charge is 0.308 e. The molecule has 1 aliphatic rings. The molecular formula is C17H22O4. The van der Waals surface area contributed by atoms with E-state index >= 15 is 0 Å². The van der Waals surface area contributed by atoms with Crippen LogP contribution in [0.3, 0.4) is 0 Å². The fourth-order valence-corrected chi connectivity index (χ4v) is 2.52. The van der Waals surface area contributed by atoms with Crippen LogP contribution in [-0.2, 0) is 20.9 Å². The molecule has 1 aliphatic heterocycles. The first-order chi connectivity index (χ1) is 10.1. The second kappa shape index (κ2) is 6.87. The lowest BCUT2D eigenvalue weighted by Crippen LogP contribution is -2.49. The molecule has 1 N–H and O–H groups in total. The first-order valence-corrected chi connectivity index (χ1v) is 7.19. The molecule has 21 heavy (non-hydrogen) atoms. The van der Waals surface area contributed by atoms with Gasteiger partial charge in [-0.15, -0.1) is 6.58 Å². The molecule has 1 aromatic rings. The zero-order valence-corrected chi connectivity index (χ0v) is 12.3. The number of carbonyl (C=O) groups is 1. The number of rotatable bonds is 6. The monoisotopic (exact) mass is 290 g/mol. The number of cyclic esters (lactones) is 1. The Morgan fingerprint density at radius 1 is 1.48 bits per heavy atom. The van der Waals surface area contributed by atoms with E-state index in [2.05, 4.69) is 6.58 Å². The van der Waals surface area contributed by atoms with Crippen molar-refractivity contribution in [3.63, 3.8) is 0 Å². The Hall–Kier alpha value is -1.65. The van der Waals surface area contributed by atoms with Gasteiger partial charge >= 0.3 is 5.97 Å². The van der Waals surface area contributed by atoms with Crippen molar-refractivity contribution in [1.82, 2.24) is 0 Å². The SMILES string of the molecule is C=C[C@]1(C)[C@H](O)CC(=O)O[C@H]1CCOCc1ccccc1. The highest BCUT2D eigenvalue weighted by molar-refractivity contribution is 5.71. The van der Waals surface area contributed by atoms with Crippen molar-refractivity contribution < 1.29 is 19.4 Å². The first kappa shape index (κ1) is 15.7. The van der Waals surface area contributed by atoms with Crippen LogP contribution in [0.4, 0.5) is 0 Å². The standard InChI is InChI=1S/C17H22O4/c1-3-17(2)14(18)11-16(19)21-15(17)9-10-20-12-13-7-5-4-6-8-13/h3-8,14-15,18H,1,9-12H2,2H3/t14-,15+,17-/m1/s1. The Morgan fingerprint density at radius 2 is 2.19 bits per heavy atom. The topological polar surface area (TPSA) is 55.8 Å². The van der Waals surface area contributed by atoms with Gasteiger partial charge in [0.25, 0.3) is 0 Å². The van der Waals surface area contributed by atoms with Crippen LogP contribution in [0.5, 0.6) is 0 Å². The second-order valence-corrected chi connectivity index (χ2v) is 5.60. The van der Waals surface area contributed by atoms with Crippen LogP contribution in [0.15, 0.2) is 43.0 Å². The number of hydrogen-bond donors (Lipinski definition) is 1. The Balaban J connectivity index is 1.85. The third-order valence-corrected chi connectivity index (χ3v) is 4.12. The Morgan fingerprint density at radius 3 is 2.86 bits per heavy atom. The minimum Gasteiger partial charge on any atom is -0.461 e. The maximum absolute atomic E-state index is 11.5. The van der Waals surface area contributed by atoms with Gasteiger partial charge in [-0.3, -0.25) is 4.79 Å². The summed E-state index contributed by atoms with van der Waals surface area (Å²) in [6.07, 6.45) is 1.07. The van der Waals surface area contributed by atoms with E-state index in [1.165, 1.54) is 0 Å². The summed E-state index contributed by atoms with van der Waals surface area (Å²) in [5.41, 5.74) is 0.481. The number of benzene rings is 1. The van der Waals surface area contributed by atoms with Gasteiger partial charge in [-0.2, -0.15) is 0 Å². The molecule has 0 spiro atoms. The molecular weight excluding hydrogens is 268 g/mol. The Labute approximate surface area is 125 Å². The van der Waals surface area contributed by atoms with E-state index in [0.717, 1.165) is 5.56 Å². The maximum Gasteiger partial charge on any atom is 0.308 e. The zero-order valence-electron chi connectivity index (χ0n) is 12.3. The number of hydrogen-bond acceptors (Lipinski definition) is 4. The molecule has 0 aromatic heterocycles. The van der Waals surface area contributed by atoms with E-state index in [0.29, 0.717) is 19.6 Å². The van der Waals surface area contributed by atoms with Gasteiger partial charge in [0.05, 0.1) is 25.7 Å². The lowest BCUT2D eigenvalue weighted by atomic mass is 9.74. The van der Waals surface area contributed by atoms with Gasteiger partial charge < -0.3 is 14.6 Å². The predicted octanol–water partition coefficient (Wildman–Crippen LogP) is 2.46. The molecule has 4 heteroatoms. The number of carbonyl (C=O) groups excluding carboxylic acids is 1. The van der Waals surface area contributed by atoms with Crippen LogP contribution in [0, 0.1) is 5.41 Å². The van der Waals surface area contributed by atoms with E-state index < -0.39 is 17.6 Å². The van der Waals surface area contributed by atoms with Gasteiger partial charge in [-0.25, -0.2) is 0 Å². The van der Waals surface area contributed by atoms with Crippen molar-refractivity contribution in [2.24, 2.45) is 5.41 Å². The highest BCUT2D eigenvalue weighted by Crippen LogP contribution is 2.37. The Bertz CT molecular complexity index is 485. The van der Waals surface area contributed by atoms with Gasteiger partial charge in [0.2, 0.25) is 0 Å². The first-order valence-electron chi connectivity index (χ1n) is 7.19. The molecule has 3 atom stereocenters. The molecule has 0 bridgehead atoms. The van der Waals surface area contributed by atoms with Crippen LogP contribution >= 0.6 is 0 Å². The summed E-state index contributed by atoms with van der Waals surface area (Å²) in [5.74, 6) is -0.366. The molecule has 0 amide bonds. The molecule has 2 rings (SSSR count). The molecule has 4 nitrogen and oxygen atoms in total. The van der Waals surface area contributed by atoms with E-state index in [9.17, 15) is 9.90 Å². The quantitative estimate of drug-likeness (QED) is 0.497. The van der Waals surface area contributed by atoms with Gasteiger partial charge in [0, 0.05) is 11.8 Å². The van der Waals surface area contributed by atoms with Gasteiger partial charge in [0.15, 0.2) is 0 Å². The van der Waals surface area contributed by atoms with Gasteiger partial charge in [0.1, 0.15) is 6.10 Å². The fraction of sp³-hybridized carbons (Fsp3) is 0.471. The zero-order chi connectivity index (χ0) is 15.3. The van der Waals surface area contributed by atoms with Crippen molar-refractivity contribution in [1.29, 1.82) is 0 Å². The largest absolute Gasteiger partial charge is 0.461 e. The summed E-state index contributed by atoms with van der Waals surface area (Å²) in [6, 6.07) is 9.89. The van der Waals surface area contributed by atoms with Crippen molar-refractivity contribution >= 4 is 5.97 Å². The molecule has 1 aromatic carbocycles. The number of esters is 1. The van der Waals surface area contributed by atoms with Crippen molar-refractivity contribution in [2.75, 3.05) is 6.61 Å². The summed E-state index contributed by atoms with van der Waals surface area (Å²) < 4.78 is 11.0. The average Bonchev–Trinajstić information content (AvgIpc) is 2.49. The molecule has 0 radical (unpaired) electrons. The highest BCUT2D eigenvalue weighted by atomic mass is 16.6. The van der Waals surface area contributed by atoms with Crippen LogP contribution in [0.2, 0.25) is 0 Å². The summed E-state index contributed by atoms with van der Waals surface area (Å²) in [5, 5.41) is 10.1. The van der Waals surface area contributed by atoms with Crippen molar-refractivity contribution in [3.8, 4) is 0 Å². The van der Waals surface area contributed by atoms with E-state index in [-0.39, 0.29) is 12.4 Å². The van der Waals surface area contributed by atoms with Crippen LogP contribution < -0.4 is 0 Å². The Kier molecular flexibility index (Phi) is 5.15. The van der Waals surface area contributed by atoms with Crippen molar-refractivity contribution in [3.05, 3.63) is 48.6 Å². The summed E-state index contributed by atoms with van der Waals surface area (Å²) in [4.78, 5) is 11.5. The lowest BCUT2D eigenvalue weighted by molar-refractivity contribution is -0.177. The van der Waals surface area contributed by atoms with E-state index in [4.69, 9.17) is 9.47 Å². The normalized spacial score (nSPS) is 29.0. The van der Waals surface area contributed by atoms with E-state index in [1.807, 2.05) is 37.3 Å². The average molecular weight is 290 g/mol. The van der Waals surface area contributed by atoms with Crippen LogP contribution in [0.1, 0.15) is 25.3 Å². The summed E-state index contributed by atoms with van der Waals surface area (Å²) >= 11 is 0. The van der Waals surface area contributed by atoms with Crippen LogP contribution in [-0.4, -0.2) is 29.9 Å². The highest BCUT2D eigenvalue weighted by Gasteiger charge is 2.45. The van der Waals surface area contributed by atoms with E-state index in [1.54, 1.807) is 6.08 Å². The number of aliphatic hydroxyl groups excluding tert-OH is 1. The molecule has 1 saturated heterocycles. The molecule has 0 aliphatic carbocycles. The maximum atomic E-state index is 11.5. The number of aliphatic hydroxyl groups is 1. The number of ether oxygens (including phenoxy) is 2. The molecule has 0 unspecified atom stereocenters. The van der Waals surface area contributed by atoms with Gasteiger partial charge in [-0.1, -0.05) is 43.3 Å². The van der Waals surface area contributed by atoms with Crippen LogP contribution in [0.25, 0.3) is 0 Å². The molecule has 114 valence electrons. The summed E-state index contributed by atoms with van der Waals surface area (Å²) in [6.45, 7) is 6.61. The minimum atomic E-state index is -0.754. The van der Waals surface area contributed by atoms with Gasteiger partial charge in [-0.05, 0) is 5.56 Å². The van der Waals surface area contributed by atoms with Crippen molar-refractivity contribution in [2.45, 2.75) is 38.6 Å². The predicted molar refractivity (Wildman–Crippen MR) is 79.5 cm³/mol.